The molecule has 0 radical (unpaired) electrons. The molecule has 3 rings (SSSR count). The first-order chi connectivity index (χ1) is 9.24. The Balaban J connectivity index is 2.08. The normalized spacial score (nSPS) is 14.5. The maximum Gasteiger partial charge on any atom is 0.129 e. The van der Waals surface area contributed by atoms with E-state index < -0.39 is 0 Å². The number of rotatable bonds is 1. The molecule has 0 saturated carbocycles. The molecule has 0 spiro atoms. The molecule has 1 aliphatic rings. The predicted octanol–water partition coefficient (Wildman–Crippen LogP) is 4.92. The van der Waals surface area contributed by atoms with E-state index in [9.17, 15) is 0 Å². The van der Waals surface area contributed by atoms with Gasteiger partial charge in [0.25, 0.3) is 0 Å². The number of halogens is 1. The van der Waals surface area contributed by atoms with E-state index in [1.165, 1.54) is 27.8 Å². The molecular weight excluding hydrogens is 254 g/mol. The molecule has 1 nitrogen and oxygen atoms in total. The first-order valence-electron chi connectivity index (χ1n) is 6.65. The average Bonchev–Trinajstić information content (AvgIpc) is 2.61. The maximum absolute atomic E-state index is 5.98. The van der Waals surface area contributed by atoms with Crippen LogP contribution in [0, 0.1) is 6.92 Å². The number of nitrogens with zero attached hydrogens (tertiary/aromatic N) is 1. The third kappa shape index (κ3) is 2.57. The summed E-state index contributed by atoms with van der Waals surface area (Å²) in [5, 5.41) is 0.589. The van der Waals surface area contributed by atoms with Crippen LogP contribution in [0.2, 0.25) is 5.15 Å². The lowest BCUT2D eigenvalue weighted by Gasteiger charge is -2.08. The monoisotopic (exact) mass is 269 g/mol. The maximum atomic E-state index is 5.98. The van der Waals surface area contributed by atoms with E-state index in [-0.39, 0.29) is 0 Å². The number of fused-ring (bicyclic) bond motifs is 1. The van der Waals surface area contributed by atoms with E-state index in [2.05, 4.69) is 42.2 Å². The van der Waals surface area contributed by atoms with Crippen LogP contribution in [0.1, 0.15) is 35.1 Å². The van der Waals surface area contributed by atoms with Gasteiger partial charge in [0.2, 0.25) is 0 Å². The summed E-state index contributed by atoms with van der Waals surface area (Å²) < 4.78 is 0. The number of pyridine rings is 1. The Morgan fingerprint density at radius 2 is 2.00 bits per heavy atom. The first kappa shape index (κ1) is 12.4. The largest absolute Gasteiger partial charge is 0.244 e. The van der Waals surface area contributed by atoms with Gasteiger partial charge in [-0.25, -0.2) is 4.98 Å². The Hall–Kier alpha value is -1.60. The molecule has 0 amide bonds. The summed E-state index contributed by atoms with van der Waals surface area (Å²) in [7, 11) is 0. The zero-order chi connectivity index (χ0) is 13.2. The highest BCUT2D eigenvalue weighted by Gasteiger charge is 2.12. The minimum atomic E-state index is 0.589. The van der Waals surface area contributed by atoms with Gasteiger partial charge >= 0.3 is 0 Å². The highest BCUT2D eigenvalue weighted by molar-refractivity contribution is 6.29. The number of hydrogen-bond acceptors (Lipinski definition) is 1. The molecule has 0 unspecified atom stereocenters. The van der Waals surface area contributed by atoms with Crippen LogP contribution in [0.3, 0.4) is 0 Å². The van der Waals surface area contributed by atoms with Gasteiger partial charge in [0.1, 0.15) is 5.15 Å². The second-order valence-electron chi connectivity index (χ2n) is 5.04. The van der Waals surface area contributed by atoms with Crippen molar-refractivity contribution in [3.63, 3.8) is 0 Å². The topological polar surface area (TPSA) is 12.9 Å². The third-order valence-electron chi connectivity index (χ3n) is 3.70. The van der Waals surface area contributed by atoms with E-state index >= 15 is 0 Å². The standard InChI is InChI=1S/C17H16ClN/c1-12-5-2-3-8-16(12)14-7-4-6-13-10-17(18)19-11-15(13)9-14/h2-3,5,8-11H,4,6-7H2,1H3. The molecule has 0 saturated heterocycles. The van der Waals surface area contributed by atoms with Crippen molar-refractivity contribution in [2.45, 2.75) is 26.2 Å². The van der Waals surface area contributed by atoms with Crippen LogP contribution in [0.4, 0.5) is 0 Å². The molecule has 0 N–H and O–H groups in total. The van der Waals surface area contributed by atoms with Crippen molar-refractivity contribution in [3.8, 4) is 0 Å². The SMILES string of the molecule is Cc1ccccc1C1=Cc2cnc(Cl)cc2CCC1. The zero-order valence-corrected chi connectivity index (χ0v) is 11.7. The van der Waals surface area contributed by atoms with Gasteiger partial charge in [-0.2, -0.15) is 0 Å². The van der Waals surface area contributed by atoms with Crippen LogP contribution < -0.4 is 0 Å². The van der Waals surface area contributed by atoms with Crippen molar-refractivity contribution in [1.29, 1.82) is 0 Å². The van der Waals surface area contributed by atoms with Gasteiger partial charge in [0, 0.05) is 6.20 Å². The molecule has 0 aliphatic heterocycles. The van der Waals surface area contributed by atoms with Crippen molar-refractivity contribution >= 4 is 23.3 Å². The Labute approximate surface area is 119 Å². The summed E-state index contributed by atoms with van der Waals surface area (Å²) >= 11 is 5.98. The lowest BCUT2D eigenvalue weighted by atomic mass is 9.97. The highest BCUT2D eigenvalue weighted by atomic mass is 35.5. The third-order valence-corrected chi connectivity index (χ3v) is 3.91. The van der Waals surface area contributed by atoms with Crippen LogP contribution in [-0.4, -0.2) is 4.98 Å². The Morgan fingerprint density at radius 1 is 1.16 bits per heavy atom. The first-order valence-corrected chi connectivity index (χ1v) is 7.03. The van der Waals surface area contributed by atoms with Gasteiger partial charge in [0.05, 0.1) is 0 Å². The Kier molecular flexibility index (Phi) is 3.39. The quantitative estimate of drug-likeness (QED) is 0.670. The molecule has 19 heavy (non-hydrogen) atoms. The molecule has 1 aromatic heterocycles. The summed E-state index contributed by atoms with van der Waals surface area (Å²) in [5.41, 5.74) is 6.61. The molecule has 2 heteroatoms. The Morgan fingerprint density at radius 3 is 2.84 bits per heavy atom. The van der Waals surface area contributed by atoms with Crippen molar-refractivity contribution in [3.05, 3.63) is 63.9 Å². The van der Waals surface area contributed by atoms with Gasteiger partial charge in [-0.1, -0.05) is 35.9 Å². The number of aromatic nitrogens is 1. The minimum Gasteiger partial charge on any atom is -0.244 e. The highest BCUT2D eigenvalue weighted by Crippen LogP contribution is 2.31. The van der Waals surface area contributed by atoms with Gasteiger partial charge < -0.3 is 0 Å². The molecule has 1 heterocycles. The Bertz CT molecular complexity index is 643. The summed E-state index contributed by atoms with van der Waals surface area (Å²) in [6.07, 6.45) is 7.50. The average molecular weight is 270 g/mol. The van der Waals surface area contributed by atoms with E-state index in [0.29, 0.717) is 5.15 Å². The lowest BCUT2D eigenvalue weighted by molar-refractivity contribution is 0.858. The fourth-order valence-corrected chi connectivity index (χ4v) is 2.88. The molecule has 96 valence electrons. The molecule has 1 aliphatic carbocycles. The molecular formula is C17H16ClN. The molecule has 1 aromatic carbocycles. The fraction of sp³-hybridized carbons (Fsp3) is 0.235. The summed E-state index contributed by atoms with van der Waals surface area (Å²) in [6.45, 7) is 2.17. The number of aryl methyl sites for hydroxylation is 2. The molecule has 0 atom stereocenters. The van der Waals surface area contributed by atoms with Crippen LogP contribution in [0.5, 0.6) is 0 Å². The van der Waals surface area contributed by atoms with Crippen molar-refractivity contribution in [2.75, 3.05) is 0 Å². The summed E-state index contributed by atoms with van der Waals surface area (Å²) in [6, 6.07) is 10.6. The molecule has 2 aromatic rings. The van der Waals surface area contributed by atoms with E-state index in [1.54, 1.807) is 0 Å². The van der Waals surface area contributed by atoms with E-state index in [0.717, 1.165) is 19.3 Å². The lowest BCUT2D eigenvalue weighted by Crippen LogP contribution is -1.89. The second kappa shape index (κ2) is 5.18. The van der Waals surface area contributed by atoms with Gasteiger partial charge in [0.15, 0.2) is 0 Å². The summed E-state index contributed by atoms with van der Waals surface area (Å²) in [4.78, 5) is 4.21. The number of hydrogen-bond donors (Lipinski definition) is 0. The predicted molar refractivity (Wildman–Crippen MR) is 81.2 cm³/mol. The van der Waals surface area contributed by atoms with Crippen LogP contribution >= 0.6 is 11.6 Å². The number of benzene rings is 1. The summed E-state index contributed by atoms with van der Waals surface area (Å²) in [5.74, 6) is 0. The second-order valence-corrected chi connectivity index (χ2v) is 5.43. The minimum absolute atomic E-state index is 0.589. The molecule has 0 bridgehead atoms. The van der Waals surface area contributed by atoms with Crippen LogP contribution in [0.25, 0.3) is 11.6 Å². The van der Waals surface area contributed by atoms with Gasteiger partial charge in [-0.15, -0.1) is 0 Å². The number of allylic oxidation sites excluding steroid dienone is 1. The fourth-order valence-electron chi connectivity index (χ4n) is 2.70. The van der Waals surface area contributed by atoms with Gasteiger partial charge in [-0.3, -0.25) is 0 Å². The van der Waals surface area contributed by atoms with E-state index in [1.807, 2.05) is 12.3 Å². The smallest absolute Gasteiger partial charge is 0.129 e. The van der Waals surface area contributed by atoms with Crippen molar-refractivity contribution < 1.29 is 0 Å². The van der Waals surface area contributed by atoms with Crippen LogP contribution in [-0.2, 0) is 6.42 Å². The van der Waals surface area contributed by atoms with E-state index in [4.69, 9.17) is 11.6 Å². The van der Waals surface area contributed by atoms with Gasteiger partial charge in [-0.05, 0) is 66.2 Å². The van der Waals surface area contributed by atoms with Crippen molar-refractivity contribution in [2.24, 2.45) is 0 Å². The van der Waals surface area contributed by atoms with Crippen molar-refractivity contribution in [1.82, 2.24) is 4.98 Å². The molecule has 0 fully saturated rings. The van der Waals surface area contributed by atoms with Crippen LogP contribution in [0.15, 0.2) is 36.5 Å². The zero-order valence-electron chi connectivity index (χ0n) is 11.0.